The Balaban J connectivity index is 2.81. The van der Waals surface area contributed by atoms with E-state index < -0.39 is 0 Å². The molecule has 1 aromatic rings. The molecule has 1 rings (SSSR count). The van der Waals surface area contributed by atoms with Crippen LogP contribution < -0.4 is 5.32 Å². The normalized spacial score (nSPS) is 14.5. The predicted molar refractivity (Wildman–Crippen MR) is 58.0 cm³/mol. The number of thiazole rings is 1. The second-order valence-corrected chi connectivity index (χ2v) is 4.99. The minimum Gasteiger partial charge on any atom is -0.308 e. The van der Waals surface area contributed by atoms with E-state index in [2.05, 4.69) is 43.4 Å². The molecule has 0 radical (unpaired) electrons. The lowest BCUT2D eigenvalue weighted by Gasteiger charge is -2.29. The summed E-state index contributed by atoms with van der Waals surface area (Å²) in [5.74, 6) is 0. The van der Waals surface area contributed by atoms with Gasteiger partial charge in [0.15, 0.2) is 0 Å². The fourth-order valence-electron chi connectivity index (χ4n) is 1.42. The number of aromatic nitrogens is 1. The van der Waals surface area contributed by atoms with Gasteiger partial charge in [-0.1, -0.05) is 27.7 Å². The summed E-state index contributed by atoms with van der Waals surface area (Å²) in [6, 6.07) is 0.365. The van der Waals surface area contributed by atoms with E-state index in [0.717, 1.165) is 6.54 Å². The summed E-state index contributed by atoms with van der Waals surface area (Å²) in [5.41, 5.74) is 3.29. The van der Waals surface area contributed by atoms with Crippen LogP contribution in [0.3, 0.4) is 0 Å². The molecule has 1 aromatic heterocycles. The van der Waals surface area contributed by atoms with Gasteiger partial charge in [0.2, 0.25) is 0 Å². The van der Waals surface area contributed by atoms with Gasteiger partial charge in [-0.05, 0) is 12.0 Å². The van der Waals surface area contributed by atoms with Gasteiger partial charge in [-0.2, -0.15) is 0 Å². The lowest BCUT2D eigenvalue weighted by Crippen LogP contribution is -2.32. The maximum absolute atomic E-state index is 4.36. The molecule has 0 saturated carbocycles. The number of hydrogen-bond acceptors (Lipinski definition) is 3. The van der Waals surface area contributed by atoms with E-state index in [9.17, 15) is 0 Å². The van der Waals surface area contributed by atoms with Gasteiger partial charge < -0.3 is 5.32 Å². The molecule has 1 N–H and O–H groups in total. The van der Waals surface area contributed by atoms with Gasteiger partial charge in [-0.25, -0.2) is 4.98 Å². The van der Waals surface area contributed by atoms with Gasteiger partial charge >= 0.3 is 0 Å². The third-order valence-corrected chi connectivity index (χ3v) is 2.63. The smallest absolute Gasteiger partial charge is 0.0795 e. The molecule has 2 nitrogen and oxygen atoms in total. The van der Waals surface area contributed by atoms with Crippen LogP contribution in [0.15, 0.2) is 10.9 Å². The van der Waals surface area contributed by atoms with E-state index in [-0.39, 0.29) is 5.41 Å². The zero-order chi connectivity index (χ0) is 9.90. The molecule has 3 heteroatoms. The number of hydrogen-bond donors (Lipinski definition) is 1. The molecule has 1 unspecified atom stereocenters. The van der Waals surface area contributed by atoms with Crippen molar-refractivity contribution in [1.29, 1.82) is 0 Å². The van der Waals surface area contributed by atoms with E-state index in [1.54, 1.807) is 11.3 Å². The quantitative estimate of drug-likeness (QED) is 0.808. The van der Waals surface area contributed by atoms with Crippen molar-refractivity contribution in [3.63, 3.8) is 0 Å². The van der Waals surface area contributed by atoms with Crippen molar-refractivity contribution < 1.29 is 0 Å². The van der Waals surface area contributed by atoms with Crippen LogP contribution in [-0.4, -0.2) is 11.5 Å². The summed E-state index contributed by atoms with van der Waals surface area (Å²) in [7, 11) is 0. The average molecular weight is 198 g/mol. The van der Waals surface area contributed by atoms with Crippen LogP contribution in [0.5, 0.6) is 0 Å². The van der Waals surface area contributed by atoms with Crippen molar-refractivity contribution in [2.45, 2.75) is 33.7 Å². The first-order chi connectivity index (χ1) is 6.05. The minimum absolute atomic E-state index is 0.226. The topological polar surface area (TPSA) is 24.9 Å². The van der Waals surface area contributed by atoms with Crippen LogP contribution in [0.2, 0.25) is 0 Å². The largest absolute Gasteiger partial charge is 0.308 e. The molecule has 0 fully saturated rings. The highest BCUT2D eigenvalue weighted by atomic mass is 32.1. The van der Waals surface area contributed by atoms with Gasteiger partial charge in [0.25, 0.3) is 0 Å². The first-order valence-corrected chi connectivity index (χ1v) is 5.61. The zero-order valence-electron chi connectivity index (χ0n) is 8.79. The van der Waals surface area contributed by atoms with Crippen molar-refractivity contribution in [3.8, 4) is 0 Å². The second-order valence-electron chi connectivity index (χ2n) is 4.27. The molecule has 74 valence electrons. The highest BCUT2D eigenvalue weighted by Gasteiger charge is 2.26. The zero-order valence-corrected chi connectivity index (χ0v) is 9.61. The van der Waals surface area contributed by atoms with Crippen LogP contribution in [0, 0.1) is 5.41 Å². The highest BCUT2D eigenvalue weighted by Crippen LogP contribution is 2.32. The summed E-state index contributed by atoms with van der Waals surface area (Å²) in [4.78, 5) is 4.36. The Morgan fingerprint density at radius 3 is 2.62 bits per heavy atom. The van der Waals surface area contributed by atoms with Crippen molar-refractivity contribution in [3.05, 3.63) is 16.6 Å². The van der Waals surface area contributed by atoms with Gasteiger partial charge in [-0.15, -0.1) is 11.3 Å². The molecule has 0 amide bonds. The Kier molecular flexibility index (Phi) is 3.45. The molecule has 1 heterocycles. The van der Waals surface area contributed by atoms with Gasteiger partial charge in [0, 0.05) is 5.38 Å². The van der Waals surface area contributed by atoms with Crippen molar-refractivity contribution in [1.82, 2.24) is 10.3 Å². The lowest BCUT2D eigenvalue weighted by atomic mass is 9.85. The van der Waals surface area contributed by atoms with Crippen molar-refractivity contribution in [2.75, 3.05) is 6.54 Å². The van der Waals surface area contributed by atoms with E-state index in [4.69, 9.17) is 0 Å². The van der Waals surface area contributed by atoms with Gasteiger partial charge in [-0.3, -0.25) is 0 Å². The standard InChI is InChI=1S/C10H18N2S/c1-5-11-9(10(2,3)4)8-6-13-7-12-8/h6-7,9,11H,5H2,1-4H3. The first-order valence-electron chi connectivity index (χ1n) is 4.67. The van der Waals surface area contributed by atoms with Crippen LogP contribution in [-0.2, 0) is 0 Å². The fraction of sp³-hybridized carbons (Fsp3) is 0.700. The molecule has 0 aliphatic rings. The second kappa shape index (κ2) is 4.20. The summed E-state index contributed by atoms with van der Waals surface area (Å²) in [6.07, 6.45) is 0. The van der Waals surface area contributed by atoms with E-state index in [0.29, 0.717) is 6.04 Å². The lowest BCUT2D eigenvalue weighted by molar-refractivity contribution is 0.272. The summed E-state index contributed by atoms with van der Waals surface area (Å²) in [5, 5.41) is 5.59. The predicted octanol–water partition coefficient (Wildman–Crippen LogP) is 2.84. The SMILES string of the molecule is CCNC(c1cscn1)C(C)(C)C. The van der Waals surface area contributed by atoms with Crippen LogP contribution >= 0.6 is 11.3 Å². The van der Waals surface area contributed by atoms with E-state index in [1.165, 1.54) is 5.69 Å². The minimum atomic E-state index is 0.226. The Bertz CT molecular complexity index is 236. The summed E-state index contributed by atoms with van der Waals surface area (Å²) in [6.45, 7) is 9.82. The van der Waals surface area contributed by atoms with Gasteiger partial charge in [0.05, 0.1) is 17.2 Å². The Hall–Kier alpha value is -0.410. The van der Waals surface area contributed by atoms with Crippen LogP contribution in [0.4, 0.5) is 0 Å². The maximum Gasteiger partial charge on any atom is 0.0795 e. The number of nitrogens with one attached hydrogen (secondary N) is 1. The summed E-state index contributed by atoms with van der Waals surface area (Å²) >= 11 is 1.66. The fourth-order valence-corrected chi connectivity index (χ4v) is 2.00. The molecule has 0 bridgehead atoms. The monoisotopic (exact) mass is 198 g/mol. The highest BCUT2D eigenvalue weighted by molar-refractivity contribution is 7.07. The molecular weight excluding hydrogens is 180 g/mol. The van der Waals surface area contributed by atoms with Crippen LogP contribution in [0.1, 0.15) is 39.4 Å². The van der Waals surface area contributed by atoms with E-state index in [1.807, 2.05) is 5.51 Å². The third kappa shape index (κ3) is 2.78. The molecular formula is C10H18N2S. The number of nitrogens with zero attached hydrogens (tertiary/aromatic N) is 1. The average Bonchev–Trinajstić information content (AvgIpc) is 2.49. The Morgan fingerprint density at radius 1 is 1.54 bits per heavy atom. The molecule has 0 saturated heterocycles. The molecule has 0 spiro atoms. The molecule has 13 heavy (non-hydrogen) atoms. The van der Waals surface area contributed by atoms with E-state index >= 15 is 0 Å². The van der Waals surface area contributed by atoms with Gasteiger partial charge in [0.1, 0.15) is 0 Å². The first kappa shape index (κ1) is 10.7. The van der Waals surface area contributed by atoms with Crippen molar-refractivity contribution >= 4 is 11.3 Å². The molecule has 0 aromatic carbocycles. The molecule has 1 atom stereocenters. The number of rotatable bonds is 3. The molecule has 0 aliphatic carbocycles. The molecule has 0 aliphatic heterocycles. The Labute approximate surface area is 84.4 Å². The van der Waals surface area contributed by atoms with Crippen molar-refractivity contribution in [2.24, 2.45) is 5.41 Å². The maximum atomic E-state index is 4.36. The summed E-state index contributed by atoms with van der Waals surface area (Å²) < 4.78 is 0. The third-order valence-electron chi connectivity index (χ3n) is 2.02. The van der Waals surface area contributed by atoms with Crippen LogP contribution in [0.25, 0.3) is 0 Å². The Morgan fingerprint density at radius 2 is 2.23 bits per heavy atom.